The second-order valence-corrected chi connectivity index (χ2v) is 6.44. The van der Waals surface area contributed by atoms with Gasteiger partial charge in [0.25, 0.3) is 0 Å². The molecule has 0 aliphatic heterocycles. The van der Waals surface area contributed by atoms with Crippen molar-refractivity contribution in [2.24, 2.45) is 0 Å². The fourth-order valence-corrected chi connectivity index (χ4v) is 3.00. The van der Waals surface area contributed by atoms with E-state index in [-0.39, 0.29) is 5.48 Å². The zero-order valence-corrected chi connectivity index (χ0v) is 11.8. The summed E-state index contributed by atoms with van der Waals surface area (Å²) in [5, 5.41) is 0.461. The van der Waals surface area contributed by atoms with Crippen LogP contribution in [0.5, 0.6) is 5.75 Å². The van der Waals surface area contributed by atoms with Crippen molar-refractivity contribution >= 4 is 36.8 Å². The minimum Gasteiger partial charge on any atom is -0.412 e. The Labute approximate surface area is 109 Å². The molecule has 0 aliphatic carbocycles. The second-order valence-electron chi connectivity index (χ2n) is 3.83. The lowest BCUT2D eigenvalue weighted by atomic mass is 10.1. The number of anilines is 1. The van der Waals surface area contributed by atoms with E-state index in [2.05, 4.69) is 4.98 Å². The van der Waals surface area contributed by atoms with E-state index in [0.717, 1.165) is 27.6 Å². The van der Waals surface area contributed by atoms with Crippen LogP contribution in [0.4, 0.5) is 5.13 Å². The summed E-state index contributed by atoms with van der Waals surface area (Å²) in [4.78, 5) is 4.20. The Morgan fingerprint density at radius 1 is 1.39 bits per heavy atom. The summed E-state index contributed by atoms with van der Waals surface area (Å²) in [5.74, 6) is 0.334. The van der Waals surface area contributed by atoms with Gasteiger partial charge in [-0.15, -0.1) is 0 Å². The third-order valence-electron chi connectivity index (χ3n) is 2.32. The van der Waals surface area contributed by atoms with Gasteiger partial charge in [0.15, 0.2) is 5.13 Å². The molecule has 6 nitrogen and oxygen atoms in total. The Morgan fingerprint density at radius 2 is 2.00 bits per heavy atom. The minimum atomic E-state index is -3.53. The second kappa shape index (κ2) is 4.71. The van der Waals surface area contributed by atoms with Gasteiger partial charge in [0.1, 0.15) is 5.75 Å². The average molecular weight is 290 g/mol. The topological polar surface area (TPSA) is 114 Å². The Morgan fingerprint density at radius 3 is 2.56 bits per heavy atom. The summed E-state index contributed by atoms with van der Waals surface area (Å²) >= 11 is 1.32. The van der Waals surface area contributed by atoms with Gasteiger partial charge in [0.2, 0.25) is 0 Å². The first-order valence-electron chi connectivity index (χ1n) is 4.83. The van der Waals surface area contributed by atoms with Gasteiger partial charge in [-0.05, 0) is 25.5 Å². The fourth-order valence-electron chi connectivity index (χ4n) is 1.59. The molecule has 0 fully saturated rings. The molecule has 2 rings (SSSR count). The molecular formula is C10H14N2O4S2. The van der Waals surface area contributed by atoms with Crippen molar-refractivity contribution in [1.29, 1.82) is 0 Å². The molecule has 0 radical (unpaired) electrons. The lowest BCUT2D eigenvalue weighted by molar-refractivity contribution is 0.491. The number of aryl methyl sites for hydroxylation is 2. The van der Waals surface area contributed by atoms with E-state index in [1.807, 2.05) is 6.92 Å². The number of nitrogens with two attached hydrogens (primary N) is 1. The van der Waals surface area contributed by atoms with E-state index in [0.29, 0.717) is 10.9 Å². The summed E-state index contributed by atoms with van der Waals surface area (Å²) in [5.41, 5.74) is 8.04. The predicted molar refractivity (Wildman–Crippen MR) is 72.6 cm³/mol. The molecule has 0 amide bonds. The molecule has 0 atom stereocenters. The molecule has 0 bridgehead atoms. The zero-order chi connectivity index (χ0) is 12.8. The van der Waals surface area contributed by atoms with Crippen molar-refractivity contribution in [2.75, 3.05) is 12.0 Å². The summed E-state index contributed by atoms with van der Waals surface area (Å²) < 4.78 is 28.1. The molecule has 0 spiro atoms. The van der Waals surface area contributed by atoms with Crippen molar-refractivity contribution in [2.45, 2.75) is 13.8 Å². The van der Waals surface area contributed by atoms with Gasteiger partial charge in [-0.1, -0.05) is 11.3 Å². The van der Waals surface area contributed by atoms with Gasteiger partial charge in [0.05, 0.1) is 16.5 Å². The highest BCUT2D eigenvalue weighted by molar-refractivity contribution is 7.86. The third-order valence-corrected chi connectivity index (χ3v) is 3.80. The quantitative estimate of drug-likeness (QED) is 0.829. The number of hydrogen-bond donors (Lipinski definition) is 1. The van der Waals surface area contributed by atoms with Crippen LogP contribution in [0.25, 0.3) is 10.2 Å². The number of fused-ring (bicyclic) bond motifs is 1. The third kappa shape index (κ3) is 2.71. The molecule has 0 saturated carbocycles. The molecule has 100 valence electrons. The predicted octanol–water partition coefficient (Wildman–Crippen LogP) is 1.01. The first kappa shape index (κ1) is 14.7. The number of thiazole rings is 1. The van der Waals surface area contributed by atoms with Crippen LogP contribution in [-0.2, 0) is 10.1 Å². The molecular weight excluding hydrogens is 276 g/mol. The van der Waals surface area contributed by atoms with Crippen LogP contribution in [0.15, 0.2) is 6.07 Å². The number of rotatable bonds is 2. The van der Waals surface area contributed by atoms with E-state index < -0.39 is 10.1 Å². The summed E-state index contributed by atoms with van der Waals surface area (Å²) in [6, 6.07) is 1.66. The Balaban J connectivity index is 0.00000162. The maximum Gasteiger partial charge on any atom is 0.306 e. The van der Waals surface area contributed by atoms with Crippen molar-refractivity contribution < 1.29 is 18.1 Å². The van der Waals surface area contributed by atoms with Crippen molar-refractivity contribution in [3.05, 3.63) is 17.2 Å². The summed E-state index contributed by atoms with van der Waals surface area (Å²) in [6.45, 7) is 3.63. The van der Waals surface area contributed by atoms with E-state index >= 15 is 0 Å². The van der Waals surface area contributed by atoms with Gasteiger partial charge in [-0.25, -0.2) is 4.98 Å². The van der Waals surface area contributed by atoms with Crippen LogP contribution in [0.1, 0.15) is 11.1 Å². The lowest BCUT2D eigenvalue weighted by Crippen LogP contribution is -2.07. The SMILES string of the molecule is Cc1cc(OS(C)(=O)=O)c(C)c2sc(N)nc12.O. The van der Waals surface area contributed by atoms with Gasteiger partial charge < -0.3 is 15.4 Å². The molecule has 8 heteroatoms. The lowest BCUT2D eigenvalue weighted by Gasteiger charge is -2.08. The number of nitrogen functional groups attached to an aromatic ring is 1. The largest absolute Gasteiger partial charge is 0.412 e. The van der Waals surface area contributed by atoms with Gasteiger partial charge in [-0.3, -0.25) is 0 Å². The number of benzene rings is 1. The van der Waals surface area contributed by atoms with Crippen molar-refractivity contribution in [3.63, 3.8) is 0 Å². The van der Waals surface area contributed by atoms with Gasteiger partial charge in [0, 0.05) is 5.56 Å². The zero-order valence-electron chi connectivity index (χ0n) is 10.1. The highest BCUT2D eigenvalue weighted by Gasteiger charge is 2.15. The molecule has 0 saturated heterocycles. The van der Waals surface area contributed by atoms with E-state index in [9.17, 15) is 8.42 Å². The van der Waals surface area contributed by atoms with Crippen LogP contribution in [0.2, 0.25) is 0 Å². The molecule has 2 aromatic rings. The first-order valence-corrected chi connectivity index (χ1v) is 7.47. The maximum absolute atomic E-state index is 11.1. The van der Waals surface area contributed by atoms with Crippen molar-refractivity contribution in [1.82, 2.24) is 4.98 Å². The Bertz CT molecular complexity index is 691. The van der Waals surface area contributed by atoms with Crippen LogP contribution in [0.3, 0.4) is 0 Å². The smallest absolute Gasteiger partial charge is 0.306 e. The molecule has 4 N–H and O–H groups in total. The summed E-state index contributed by atoms with van der Waals surface area (Å²) in [7, 11) is -3.53. The number of nitrogens with zero attached hydrogens (tertiary/aromatic N) is 1. The van der Waals surface area contributed by atoms with E-state index in [4.69, 9.17) is 9.92 Å². The van der Waals surface area contributed by atoms with Crippen LogP contribution in [-0.4, -0.2) is 25.1 Å². The van der Waals surface area contributed by atoms with E-state index in [1.165, 1.54) is 11.3 Å². The molecule has 1 aromatic carbocycles. The van der Waals surface area contributed by atoms with Crippen LogP contribution < -0.4 is 9.92 Å². The number of aromatic nitrogens is 1. The minimum absolute atomic E-state index is 0. The fraction of sp³-hybridized carbons (Fsp3) is 0.300. The Hall–Kier alpha value is -1.38. The standard InChI is InChI=1S/C10H12N2O3S2.H2O/c1-5-4-7(15-17(3,13)14)6(2)9-8(5)12-10(11)16-9;/h4H,1-3H3,(H2,11,12);1H2. The van der Waals surface area contributed by atoms with Gasteiger partial charge >= 0.3 is 10.1 Å². The maximum atomic E-state index is 11.1. The molecule has 0 unspecified atom stereocenters. The highest BCUT2D eigenvalue weighted by Crippen LogP contribution is 2.35. The molecule has 18 heavy (non-hydrogen) atoms. The molecule has 1 aromatic heterocycles. The first-order chi connectivity index (χ1) is 7.78. The normalized spacial score (nSPS) is 11.3. The number of hydrogen-bond acceptors (Lipinski definition) is 6. The van der Waals surface area contributed by atoms with E-state index in [1.54, 1.807) is 13.0 Å². The average Bonchev–Trinajstić information content (AvgIpc) is 2.54. The van der Waals surface area contributed by atoms with Crippen LogP contribution >= 0.6 is 11.3 Å². The molecule has 1 heterocycles. The summed E-state index contributed by atoms with van der Waals surface area (Å²) in [6.07, 6.45) is 1.02. The monoisotopic (exact) mass is 290 g/mol. The Kier molecular flexibility index (Phi) is 3.84. The van der Waals surface area contributed by atoms with Crippen molar-refractivity contribution in [3.8, 4) is 5.75 Å². The molecule has 0 aliphatic rings. The highest BCUT2D eigenvalue weighted by atomic mass is 32.2. The van der Waals surface area contributed by atoms with Gasteiger partial charge in [-0.2, -0.15) is 8.42 Å². The van der Waals surface area contributed by atoms with Crippen LogP contribution in [0, 0.1) is 13.8 Å².